The van der Waals surface area contributed by atoms with Gasteiger partial charge in [0.25, 0.3) is 0 Å². The number of furan rings is 2. The Balaban J connectivity index is 0.769. The molecular weight excluding hydrogens is 1280 g/mol. The fraction of sp³-hybridized carbons (Fsp3) is 0. The average molecular weight is 1340 g/mol. The van der Waals surface area contributed by atoms with Crippen LogP contribution in [0.25, 0.3) is 230 Å². The fourth-order valence-corrected chi connectivity index (χ4v) is 17.9. The highest BCUT2D eigenvalue weighted by Gasteiger charge is 2.28. The molecule has 0 spiro atoms. The predicted octanol–water partition coefficient (Wildman–Crippen LogP) is 29.7. The Labute approximate surface area is 611 Å². The molecule has 0 fully saturated rings. The van der Waals surface area contributed by atoms with Gasteiger partial charge in [0.05, 0.1) is 0 Å². The second-order valence-corrected chi connectivity index (χ2v) is 28.3. The molecule has 0 N–H and O–H groups in total. The van der Waals surface area contributed by atoms with Crippen molar-refractivity contribution in [2.75, 3.05) is 0 Å². The summed E-state index contributed by atoms with van der Waals surface area (Å²) >= 11 is 0. The van der Waals surface area contributed by atoms with Gasteiger partial charge in [-0.2, -0.15) is 0 Å². The molecule has 0 radical (unpaired) electrons. The van der Waals surface area contributed by atoms with Crippen LogP contribution in [0.15, 0.2) is 385 Å². The normalized spacial score (nSPS) is 12.0. The molecule has 2 heteroatoms. The lowest BCUT2D eigenvalue weighted by Crippen LogP contribution is -1.94. The van der Waals surface area contributed by atoms with Crippen LogP contribution in [0, 0.1) is 0 Å². The van der Waals surface area contributed by atoms with Crippen molar-refractivity contribution in [1.29, 1.82) is 0 Å². The summed E-state index contributed by atoms with van der Waals surface area (Å²) in [5.41, 5.74) is 24.5. The summed E-state index contributed by atoms with van der Waals surface area (Å²) in [6.07, 6.45) is 0. The maximum absolute atomic E-state index is 7.29. The third-order valence-electron chi connectivity index (χ3n) is 22.6. The van der Waals surface area contributed by atoms with E-state index in [1.807, 2.05) is 0 Å². The van der Waals surface area contributed by atoms with Crippen molar-refractivity contribution >= 4 is 130 Å². The summed E-state index contributed by atoms with van der Waals surface area (Å²) in [5, 5.41) is 23.2. The van der Waals surface area contributed by atoms with E-state index in [2.05, 4.69) is 376 Å². The third kappa shape index (κ3) is 9.31. The van der Waals surface area contributed by atoms with Crippen molar-refractivity contribution in [3.63, 3.8) is 0 Å². The molecule has 0 atom stereocenters. The third-order valence-corrected chi connectivity index (χ3v) is 22.6. The molecule has 0 saturated carbocycles. The summed E-state index contributed by atoms with van der Waals surface area (Å²) in [7, 11) is 0. The van der Waals surface area contributed by atoms with E-state index in [-0.39, 0.29) is 0 Å². The van der Waals surface area contributed by atoms with Crippen LogP contribution in [0.1, 0.15) is 0 Å². The maximum Gasteiger partial charge on any atom is 0.136 e. The zero-order chi connectivity index (χ0) is 69.5. The lowest BCUT2D eigenvalue weighted by Gasteiger charge is -2.21. The molecule has 2 nitrogen and oxygen atoms in total. The molecule has 2 aromatic heterocycles. The number of hydrogen-bond donors (Lipinski definition) is 0. The van der Waals surface area contributed by atoms with E-state index in [1.165, 1.54) is 109 Å². The van der Waals surface area contributed by atoms with Gasteiger partial charge in [-0.25, -0.2) is 0 Å². The van der Waals surface area contributed by atoms with E-state index in [1.54, 1.807) is 0 Å². The van der Waals surface area contributed by atoms with Gasteiger partial charge in [-0.05, 0) is 236 Å². The van der Waals surface area contributed by atoms with Gasteiger partial charge in [0.2, 0.25) is 0 Å². The molecular formula is C104H62O2. The van der Waals surface area contributed by atoms with E-state index in [4.69, 9.17) is 8.83 Å². The van der Waals surface area contributed by atoms with Crippen molar-refractivity contribution in [2.45, 2.75) is 0 Å². The second-order valence-electron chi connectivity index (χ2n) is 28.3. The zero-order valence-corrected chi connectivity index (χ0v) is 57.6. The highest BCUT2D eigenvalue weighted by atomic mass is 16.3. The molecule has 0 bridgehead atoms. The molecule has 490 valence electrons. The van der Waals surface area contributed by atoms with Crippen molar-refractivity contribution in [1.82, 2.24) is 0 Å². The van der Waals surface area contributed by atoms with Crippen LogP contribution < -0.4 is 0 Å². The van der Waals surface area contributed by atoms with Gasteiger partial charge >= 0.3 is 0 Å². The molecule has 2 heterocycles. The van der Waals surface area contributed by atoms with E-state index in [0.717, 1.165) is 121 Å². The molecule has 0 saturated heterocycles. The summed E-state index contributed by atoms with van der Waals surface area (Å²) in [5.74, 6) is 0. The topological polar surface area (TPSA) is 26.3 Å². The van der Waals surface area contributed by atoms with Gasteiger partial charge in [-0.15, -0.1) is 0 Å². The summed E-state index contributed by atoms with van der Waals surface area (Å²) < 4.78 is 14.3. The first kappa shape index (κ1) is 59.7. The molecule has 22 rings (SSSR count). The Morgan fingerprint density at radius 1 is 0.132 bits per heavy atom. The molecule has 0 amide bonds. The van der Waals surface area contributed by atoms with Crippen molar-refractivity contribution in [3.05, 3.63) is 376 Å². The lowest BCUT2D eigenvalue weighted by atomic mass is 9.81. The van der Waals surface area contributed by atoms with Crippen LogP contribution in [0.4, 0.5) is 0 Å². The van der Waals surface area contributed by atoms with Crippen LogP contribution in [-0.4, -0.2) is 0 Å². The quantitative estimate of drug-likeness (QED) is 0.135. The van der Waals surface area contributed by atoms with Crippen LogP contribution in [0.5, 0.6) is 0 Å². The van der Waals surface area contributed by atoms with Crippen molar-refractivity contribution in [2.24, 2.45) is 0 Å². The Bertz CT molecular complexity index is 7290. The first-order valence-electron chi connectivity index (χ1n) is 36.6. The monoisotopic (exact) mass is 1340 g/mol. The number of benzene rings is 20. The summed E-state index contributed by atoms with van der Waals surface area (Å²) in [4.78, 5) is 0. The lowest BCUT2D eigenvalue weighted by molar-refractivity contribution is 0.669. The number of fused-ring (bicyclic) bond motifs is 14. The standard InChI is InChI=1S/C104H62O2/c1-5-25-63(26-6-1)68-48-47-67-34-23-45-85(88(67)56-68)98-79-38-17-21-42-83(79)100(84-43-22-18-39-80(84)98)104-86-46-24-44-75(91(86)62-96-102(104)92-57-69(52-54-93(92)105-96)64-27-7-2-8-28-64)74-55-72-49-50-73(58-90(72)89(59-74)66-31-11-4-12-32-66)97-77-36-15-19-40-81(77)99(82-41-20-16-37-78(82)97)103-76-35-14-13-33-71(76)61-95-101(103)87-53-51-70(60-94(87)106-95)65-29-9-3-10-30-65/h1-62H. The Morgan fingerprint density at radius 3 is 1.15 bits per heavy atom. The van der Waals surface area contributed by atoms with Crippen LogP contribution in [-0.2, 0) is 0 Å². The van der Waals surface area contributed by atoms with Gasteiger partial charge in [0, 0.05) is 32.7 Å². The van der Waals surface area contributed by atoms with E-state index in [0.29, 0.717) is 0 Å². The molecule has 0 aliphatic rings. The Morgan fingerprint density at radius 2 is 0.528 bits per heavy atom. The van der Waals surface area contributed by atoms with Gasteiger partial charge < -0.3 is 8.83 Å². The van der Waals surface area contributed by atoms with Gasteiger partial charge in [-0.3, -0.25) is 0 Å². The summed E-state index contributed by atoms with van der Waals surface area (Å²) in [6, 6.07) is 139. The van der Waals surface area contributed by atoms with E-state index in [9.17, 15) is 0 Å². The Hall–Kier alpha value is -13.9. The highest BCUT2D eigenvalue weighted by Crippen LogP contribution is 2.55. The van der Waals surface area contributed by atoms with E-state index >= 15 is 0 Å². The van der Waals surface area contributed by atoms with Crippen molar-refractivity contribution in [3.8, 4) is 100 Å². The maximum atomic E-state index is 7.29. The highest BCUT2D eigenvalue weighted by molar-refractivity contribution is 6.34. The van der Waals surface area contributed by atoms with Crippen LogP contribution >= 0.6 is 0 Å². The number of rotatable bonds is 9. The largest absolute Gasteiger partial charge is 0.456 e. The van der Waals surface area contributed by atoms with Gasteiger partial charge in [0.15, 0.2) is 0 Å². The van der Waals surface area contributed by atoms with Crippen molar-refractivity contribution < 1.29 is 8.83 Å². The smallest absolute Gasteiger partial charge is 0.136 e. The Kier molecular flexibility index (Phi) is 13.4. The second kappa shape index (κ2) is 23.8. The van der Waals surface area contributed by atoms with Gasteiger partial charge in [-0.1, -0.05) is 315 Å². The molecule has 0 unspecified atom stereocenters. The van der Waals surface area contributed by atoms with Gasteiger partial charge in [0.1, 0.15) is 22.3 Å². The minimum Gasteiger partial charge on any atom is -0.456 e. The zero-order valence-electron chi connectivity index (χ0n) is 57.6. The summed E-state index contributed by atoms with van der Waals surface area (Å²) in [6.45, 7) is 0. The average Bonchev–Trinajstić information content (AvgIpc) is 1.28. The minimum atomic E-state index is 0.842. The predicted molar refractivity (Wildman–Crippen MR) is 450 cm³/mol. The first-order valence-corrected chi connectivity index (χ1v) is 36.6. The fourth-order valence-electron chi connectivity index (χ4n) is 17.9. The van der Waals surface area contributed by atoms with E-state index < -0.39 is 0 Å². The number of hydrogen-bond acceptors (Lipinski definition) is 2. The molecule has 20 aromatic carbocycles. The molecule has 106 heavy (non-hydrogen) atoms. The van der Waals surface area contributed by atoms with Crippen LogP contribution in [0.3, 0.4) is 0 Å². The molecule has 0 aliphatic carbocycles. The first-order chi connectivity index (χ1) is 52.6. The minimum absolute atomic E-state index is 0.842. The molecule has 0 aliphatic heterocycles. The van der Waals surface area contributed by atoms with Crippen LogP contribution in [0.2, 0.25) is 0 Å². The molecule has 22 aromatic rings. The SMILES string of the molecule is c1ccc(-c2ccc3c(c2)oc2cc4ccccc4c(-c4c5ccccc5c(-c5ccc6cc(-c7cccc8c(-c9c%10ccccc%10c(-c%10cccc%11ccc(-c%12ccccc%12)cc%10%11)c%10ccccc9%10)c9c(cc78)oc7ccc(-c8ccccc8)cc79)cc(-c7ccccc7)c6c5)c5ccccc45)c23)cc1.